The molecule has 0 aliphatic rings. The third-order valence-electron chi connectivity index (χ3n) is 4.49. The van der Waals surface area contributed by atoms with Crippen LogP contribution in [0.3, 0.4) is 0 Å². The van der Waals surface area contributed by atoms with E-state index in [0.717, 1.165) is 55.1 Å². The molecular formula is C21H26N5+. The van der Waals surface area contributed by atoms with Gasteiger partial charge in [-0.1, -0.05) is 11.3 Å². The molecule has 0 aliphatic carbocycles. The number of hydrogen-bond acceptors (Lipinski definition) is 3. The van der Waals surface area contributed by atoms with Gasteiger partial charge in [0.25, 0.3) is 13.1 Å². The Morgan fingerprint density at radius 1 is 1.15 bits per heavy atom. The van der Waals surface area contributed by atoms with E-state index in [1.165, 1.54) is 17.7 Å². The van der Waals surface area contributed by atoms with Gasteiger partial charge in [-0.2, -0.15) is 0 Å². The largest absolute Gasteiger partial charge is 0.369 e. The van der Waals surface area contributed by atoms with Gasteiger partial charge < -0.3 is 5.32 Å². The van der Waals surface area contributed by atoms with Crippen LogP contribution in [0, 0.1) is 20.4 Å². The molecule has 3 rings (SSSR count). The van der Waals surface area contributed by atoms with Crippen LogP contribution in [0.4, 0.5) is 5.82 Å². The van der Waals surface area contributed by atoms with Crippen molar-refractivity contribution in [3.63, 3.8) is 0 Å². The lowest BCUT2D eigenvalue weighted by atomic mass is 10.2. The first kappa shape index (κ1) is 17.9. The summed E-state index contributed by atoms with van der Waals surface area (Å²) in [5.74, 6) is 1.04. The predicted molar refractivity (Wildman–Crippen MR) is 108 cm³/mol. The third-order valence-corrected chi connectivity index (χ3v) is 4.49. The maximum Gasteiger partial charge on any atom is 0.263 e. The number of anilines is 1. The first-order valence-corrected chi connectivity index (χ1v) is 9.21. The molecular weight excluding hydrogens is 322 g/mol. The van der Waals surface area contributed by atoms with Crippen LogP contribution in [0.15, 0.2) is 36.7 Å². The maximum atomic E-state index is 5.18. The highest BCUT2D eigenvalue weighted by atomic mass is 15.1. The smallest absolute Gasteiger partial charge is 0.263 e. The van der Waals surface area contributed by atoms with Crippen molar-refractivity contribution < 1.29 is 0 Å². The summed E-state index contributed by atoms with van der Waals surface area (Å²) in [5.41, 5.74) is 5.34. The second kappa shape index (κ2) is 8.48. The minimum Gasteiger partial charge on any atom is -0.369 e. The van der Waals surface area contributed by atoms with Crippen molar-refractivity contribution >= 4 is 11.5 Å². The summed E-state index contributed by atoms with van der Waals surface area (Å²) in [4.78, 5) is 12.8. The van der Waals surface area contributed by atoms with Crippen molar-refractivity contribution in [1.82, 2.24) is 14.4 Å². The Balaban J connectivity index is 1.83. The van der Waals surface area contributed by atoms with Crippen LogP contribution in [0.2, 0.25) is 0 Å². The van der Waals surface area contributed by atoms with Crippen LogP contribution < -0.4 is 5.32 Å². The summed E-state index contributed by atoms with van der Waals surface area (Å²) in [7, 11) is 0. The second-order valence-electron chi connectivity index (χ2n) is 6.67. The van der Waals surface area contributed by atoms with Crippen molar-refractivity contribution in [2.24, 2.45) is 0 Å². The number of aryl methyl sites for hydroxylation is 2. The molecule has 3 heterocycles. The van der Waals surface area contributed by atoms with Crippen LogP contribution >= 0.6 is 0 Å². The Morgan fingerprint density at radius 3 is 2.77 bits per heavy atom. The molecule has 26 heavy (non-hydrogen) atoms. The molecule has 3 aromatic heterocycles. The normalized spacial score (nSPS) is 10.8. The molecule has 0 aromatic carbocycles. The zero-order chi connectivity index (χ0) is 18.4. The number of fused-ring (bicyclic) bond motifs is 1. The molecule has 0 amide bonds. The lowest BCUT2D eigenvalue weighted by Gasteiger charge is -2.11. The fraction of sp³-hybridized carbons (Fsp3) is 0.381. The van der Waals surface area contributed by atoms with Crippen molar-refractivity contribution in [3.05, 3.63) is 52.8 Å². The lowest BCUT2D eigenvalue weighted by Crippen LogP contribution is -2.06. The molecule has 0 radical (unpaired) electrons. The Morgan fingerprint density at radius 2 is 2.00 bits per heavy atom. The summed E-state index contributed by atoms with van der Waals surface area (Å²) >= 11 is 0. The quantitative estimate of drug-likeness (QED) is 0.586. The van der Waals surface area contributed by atoms with Crippen LogP contribution in [-0.4, -0.2) is 27.5 Å². The van der Waals surface area contributed by atoms with Crippen molar-refractivity contribution in [3.8, 4) is 17.8 Å². The van der Waals surface area contributed by atoms with Gasteiger partial charge >= 0.3 is 0 Å². The Kier molecular flexibility index (Phi) is 5.85. The summed E-state index contributed by atoms with van der Waals surface area (Å²) < 4.78 is 2.20. The van der Waals surface area contributed by atoms with E-state index >= 15 is 0 Å². The van der Waals surface area contributed by atoms with Crippen LogP contribution in [0.1, 0.15) is 36.9 Å². The minimum atomic E-state index is 0.754. The summed E-state index contributed by atoms with van der Waals surface area (Å²) in [6.07, 6.45) is 8.14. The van der Waals surface area contributed by atoms with Crippen molar-refractivity contribution in [1.29, 1.82) is 0 Å². The summed E-state index contributed by atoms with van der Waals surface area (Å²) in [6, 6.07) is 8.31. The van der Waals surface area contributed by atoms with Gasteiger partial charge in [0.1, 0.15) is 17.2 Å². The zero-order valence-electron chi connectivity index (χ0n) is 15.6. The molecule has 3 aromatic rings. The molecule has 0 fully saturated rings. The average molecular weight is 348 g/mol. The molecule has 5 heteroatoms. The Labute approximate surface area is 154 Å². The number of nitrogens with one attached hydrogen (secondary N) is 1. The van der Waals surface area contributed by atoms with E-state index in [1.807, 2.05) is 12.3 Å². The lowest BCUT2D eigenvalue weighted by molar-refractivity contribution is 0.677. The highest BCUT2D eigenvalue weighted by Gasteiger charge is 2.15. The number of hydrogen-bond donors (Lipinski definition) is 1. The standard InChI is InChI=1S/C21H26N5/c1-16-13-17(2)26-19(14-16)25-20(18-9-8-11-23-15-18)21(26)24-12-7-5-4-6-10-22-3/h3,8-9,11,13-15,24H,4-7,10,12H2,1-2H3/q+1. The first-order chi connectivity index (χ1) is 12.7. The molecule has 0 saturated heterocycles. The molecule has 0 aliphatic heterocycles. The number of nitrogens with zero attached hydrogens (tertiary/aromatic N) is 4. The van der Waals surface area contributed by atoms with E-state index in [1.54, 1.807) is 6.20 Å². The van der Waals surface area contributed by atoms with Gasteiger partial charge in [-0.3, -0.25) is 9.38 Å². The van der Waals surface area contributed by atoms with Crippen molar-refractivity contribution in [2.45, 2.75) is 39.5 Å². The first-order valence-electron chi connectivity index (χ1n) is 9.21. The highest BCUT2D eigenvalue weighted by molar-refractivity contribution is 5.76. The van der Waals surface area contributed by atoms with Gasteiger partial charge in [0.2, 0.25) is 0 Å². The second-order valence-corrected chi connectivity index (χ2v) is 6.67. The van der Waals surface area contributed by atoms with Crippen LogP contribution in [0.25, 0.3) is 21.7 Å². The van der Waals surface area contributed by atoms with E-state index in [9.17, 15) is 0 Å². The van der Waals surface area contributed by atoms with Gasteiger partial charge in [-0.05, 0) is 56.5 Å². The summed E-state index contributed by atoms with van der Waals surface area (Å²) in [6.45, 7) is 11.1. The fourth-order valence-corrected chi connectivity index (χ4v) is 3.29. The Bertz CT molecular complexity index is 906. The molecule has 0 unspecified atom stereocenters. The van der Waals surface area contributed by atoms with E-state index in [2.05, 4.69) is 51.6 Å². The fourth-order valence-electron chi connectivity index (χ4n) is 3.29. The predicted octanol–water partition coefficient (Wildman–Crippen LogP) is 4.95. The molecule has 0 spiro atoms. The number of rotatable bonds is 8. The van der Waals surface area contributed by atoms with Gasteiger partial charge in [0, 0.05) is 36.6 Å². The van der Waals surface area contributed by atoms with Crippen molar-refractivity contribution in [2.75, 3.05) is 18.4 Å². The molecule has 0 saturated carbocycles. The van der Waals surface area contributed by atoms with E-state index < -0.39 is 0 Å². The number of aromatic nitrogens is 3. The number of pyridine rings is 2. The van der Waals surface area contributed by atoms with Gasteiger partial charge in [0.15, 0.2) is 0 Å². The zero-order valence-corrected chi connectivity index (χ0v) is 15.6. The van der Waals surface area contributed by atoms with Crippen LogP contribution in [-0.2, 0) is 0 Å². The number of imidazole rings is 1. The molecule has 5 nitrogen and oxygen atoms in total. The molecule has 134 valence electrons. The molecule has 1 N–H and O–H groups in total. The van der Waals surface area contributed by atoms with E-state index in [0.29, 0.717) is 0 Å². The average Bonchev–Trinajstić information content (AvgIpc) is 3.00. The molecule has 0 bridgehead atoms. The maximum absolute atomic E-state index is 5.18. The van der Waals surface area contributed by atoms with Gasteiger partial charge in [-0.15, -0.1) is 0 Å². The Hall–Kier alpha value is -2.87. The van der Waals surface area contributed by atoms with E-state index in [-0.39, 0.29) is 0 Å². The molecule has 0 atom stereocenters. The highest BCUT2D eigenvalue weighted by Crippen LogP contribution is 2.30. The van der Waals surface area contributed by atoms with Gasteiger partial charge in [0.05, 0.1) is 0 Å². The SMILES string of the molecule is C#[N+]CCCCCCNc1c(-c2cccnc2)nc2cc(C)cc(C)n12. The third kappa shape index (κ3) is 4.02. The van der Waals surface area contributed by atoms with E-state index in [4.69, 9.17) is 11.6 Å². The van der Waals surface area contributed by atoms with Gasteiger partial charge in [-0.25, -0.2) is 4.98 Å². The van der Waals surface area contributed by atoms with Crippen LogP contribution in [0.5, 0.6) is 0 Å². The topological polar surface area (TPSA) is 46.6 Å². The monoisotopic (exact) mass is 348 g/mol. The summed E-state index contributed by atoms with van der Waals surface area (Å²) in [5, 5.41) is 3.61. The number of unbranched alkanes of at least 4 members (excludes halogenated alkanes) is 3. The minimum absolute atomic E-state index is 0.754.